The van der Waals surface area contributed by atoms with Gasteiger partial charge in [0.15, 0.2) is 0 Å². The first-order chi connectivity index (χ1) is 9.29. The second-order valence-corrected chi connectivity index (χ2v) is 4.64. The maximum absolute atomic E-state index is 10.4. The van der Waals surface area contributed by atoms with E-state index in [4.69, 9.17) is 9.15 Å². The summed E-state index contributed by atoms with van der Waals surface area (Å²) in [6, 6.07) is 9.55. The number of ether oxygens (including phenoxy) is 1. The van der Waals surface area contributed by atoms with Gasteiger partial charge in [-0.1, -0.05) is 12.1 Å². The van der Waals surface area contributed by atoms with E-state index in [1.807, 2.05) is 18.2 Å². The van der Waals surface area contributed by atoms with Crippen molar-refractivity contribution in [1.29, 1.82) is 0 Å². The topological polar surface area (TPSA) is 42.6 Å². The molecule has 0 saturated carbocycles. The molecule has 1 heterocycles. The van der Waals surface area contributed by atoms with E-state index in [0.717, 1.165) is 29.7 Å². The Morgan fingerprint density at radius 2 is 2.21 bits per heavy atom. The van der Waals surface area contributed by atoms with E-state index in [1.54, 1.807) is 25.5 Å². The molecule has 0 fully saturated rings. The van der Waals surface area contributed by atoms with Gasteiger partial charge in [0.25, 0.3) is 0 Å². The molecule has 19 heavy (non-hydrogen) atoms. The molecule has 3 nitrogen and oxygen atoms in total. The third-order valence-electron chi connectivity index (χ3n) is 3.51. The predicted molar refractivity (Wildman–Crippen MR) is 73.0 cm³/mol. The van der Waals surface area contributed by atoms with E-state index in [0.29, 0.717) is 5.76 Å². The molecule has 1 aromatic carbocycles. The summed E-state index contributed by atoms with van der Waals surface area (Å²) in [6.45, 7) is 0. The van der Waals surface area contributed by atoms with E-state index in [2.05, 4.69) is 6.08 Å². The van der Waals surface area contributed by atoms with Crippen LogP contribution in [0, 0.1) is 0 Å². The van der Waals surface area contributed by atoms with Crippen molar-refractivity contribution in [3.63, 3.8) is 0 Å². The van der Waals surface area contributed by atoms with Gasteiger partial charge in [0.05, 0.1) is 13.4 Å². The summed E-state index contributed by atoms with van der Waals surface area (Å²) in [5.74, 6) is 1.43. The molecule has 3 heteroatoms. The highest BCUT2D eigenvalue weighted by Gasteiger charge is 2.22. The summed E-state index contributed by atoms with van der Waals surface area (Å²) in [7, 11) is 1.67. The molecule has 0 aliphatic heterocycles. The molecule has 1 aromatic heterocycles. The predicted octanol–water partition coefficient (Wildman–Crippen LogP) is 3.35. The zero-order valence-electron chi connectivity index (χ0n) is 10.8. The van der Waals surface area contributed by atoms with Crippen LogP contribution in [0.25, 0.3) is 5.57 Å². The normalized spacial score (nSPS) is 15.6. The first kappa shape index (κ1) is 12.1. The number of rotatable bonds is 3. The maximum atomic E-state index is 10.4. The van der Waals surface area contributed by atoms with Crippen LogP contribution in [0.15, 0.2) is 47.1 Å². The fourth-order valence-corrected chi connectivity index (χ4v) is 2.54. The van der Waals surface area contributed by atoms with E-state index >= 15 is 0 Å². The number of hydrogen-bond donors (Lipinski definition) is 1. The van der Waals surface area contributed by atoms with Gasteiger partial charge >= 0.3 is 0 Å². The Bertz CT molecular complexity index is 596. The highest BCUT2D eigenvalue weighted by molar-refractivity contribution is 5.74. The van der Waals surface area contributed by atoms with Crippen molar-refractivity contribution in [1.82, 2.24) is 0 Å². The SMILES string of the molecule is COc1ccc2c(c1)CCC=C2C(O)c1ccco1. The largest absolute Gasteiger partial charge is 0.497 e. The number of aliphatic hydroxyl groups is 1. The molecule has 0 spiro atoms. The zero-order valence-corrected chi connectivity index (χ0v) is 10.8. The van der Waals surface area contributed by atoms with E-state index in [1.165, 1.54) is 5.56 Å². The lowest BCUT2D eigenvalue weighted by Gasteiger charge is -2.21. The van der Waals surface area contributed by atoms with Crippen LogP contribution in [0.2, 0.25) is 0 Å². The Morgan fingerprint density at radius 3 is 2.95 bits per heavy atom. The second kappa shape index (κ2) is 4.94. The van der Waals surface area contributed by atoms with Crippen molar-refractivity contribution in [3.8, 4) is 5.75 Å². The van der Waals surface area contributed by atoms with Crippen LogP contribution in [-0.4, -0.2) is 12.2 Å². The quantitative estimate of drug-likeness (QED) is 0.915. The highest BCUT2D eigenvalue weighted by Crippen LogP contribution is 2.37. The molecule has 98 valence electrons. The minimum Gasteiger partial charge on any atom is -0.497 e. The molecule has 1 N–H and O–H groups in total. The lowest BCUT2D eigenvalue weighted by atomic mass is 9.87. The van der Waals surface area contributed by atoms with Gasteiger partial charge in [-0.25, -0.2) is 0 Å². The summed E-state index contributed by atoms with van der Waals surface area (Å²) < 4.78 is 10.5. The van der Waals surface area contributed by atoms with Crippen LogP contribution in [0.1, 0.15) is 29.4 Å². The number of allylic oxidation sites excluding steroid dienone is 1. The van der Waals surface area contributed by atoms with Crippen LogP contribution in [-0.2, 0) is 6.42 Å². The Kier molecular flexibility index (Phi) is 3.13. The molecule has 1 aliphatic carbocycles. The minimum absolute atomic E-state index is 0.579. The molecular weight excluding hydrogens is 240 g/mol. The second-order valence-electron chi connectivity index (χ2n) is 4.64. The van der Waals surface area contributed by atoms with Gasteiger partial charge in [-0.2, -0.15) is 0 Å². The van der Waals surface area contributed by atoms with E-state index < -0.39 is 6.10 Å². The van der Waals surface area contributed by atoms with Crippen LogP contribution < -0.4 is 4.74 Å². The smallest absolute Gasteiger partial charge is 0.137 e. The maximum Gasteiger partial charge on any atom is 0.137 e. The Hall–Kier alpha value is -2.00. The average Bonchev–Trinajstić information content (AvgIpc) is 2.99. The van der Waals surface area contributed by atoms with Crippen LogP contribution >= 0.6 is 0 Å². The van der Waals surface area contributed by atoms with Crippen molar-refractivity contribution in [2.45, 2.75) is 18.9 Å². The fraction of sp³-hybridized carbons (Fsp3) is 0.250. The summed E-state index contributed by atoms with van der Waals surface area (Å²) in [6.07, 6.45) is 4.86. The molecule has 0 bridgehead atoms. The fourth-order valence-electron chi connectivity index (χ4n) is 2.54. The average molecular weight is 256 g/mol. The van der Waals surface area contributed by atoms with Gasteiger partial charge in [-0.15, -0.1) is 0 Å². The number of benzene rings is 1. The molecule has 1 unspecified atom stereocenters. The number of hydrogen-bond acceptors (Lipinski definition) is 3. The molecule has 0 amide bonds. The first-order valence-corrected chi connectivity index (χ1v) is 6.38. The summed E-state index contributed by atoms with van der Waals surface area (Å²) >= 11 is 0. The van der Waals surface area contributed by atoms with Crippen molar-refractivity contribution in [2.24, 2.45) is 0 Å². The Morgan fingerprint density at radius 1 is 1.32 bits per heavy atom. The molecule has 3 rings (SSSR count). The van der Waals surface area contributed by atoms with Crippen molar-refractivity contribution >= 4 is 5.57 Å². The summed E-state index contributed by atoms with van der Waals surface area (Å²) in [5, 5.41) is 10.4. The third kappa shape index (κ3) is 2.17. The van der Waals surface area contributed by atoms with Gasteiger partial charge < -0.3 is 14.3 Å². The minimum atomic E-state index is -0.706. The lowest BCUT2D eigenvalue weighted by Crippen LogP contribution is -2.07. The third-order valence-corrected chi connectivity index (χ3v) is 3.51. The van der Waals surface area contributed by atoms with Crippen LogP contribution in [0.4, 0.5) is 0 Å². The van der Waals surface area contributed by atoms with Crippen molar-refractivity contribution in [2.75, 3.05) is 7.11 Å². The molecule has 0 saturated heterocycles. The number of aliphatic hydroxyl groups excluding tert-OH is 1. The van der Waals surface area contributed by atoms with Gasteiger partial charge in [-0.3, -0.25) is 0 Å². The summed E-state index contributed by atoms with van der Waals surface area (Å²) in [5.41, 5.74) is 3.21. The van der Waals surface area contributed by atoms with Crippen molar-refractivity contribution < 1.29 is 14.3 Å². The van der Waals surface area contributed by atoms with Gasteiger partial charge in [-0.05, 0) is 53.8 Å². The van der Waals surface area contributed by atoms with Gasteiger partial charge in [0.1, 0.15) is 17.6 Å². The highest BCUT2D eigenvalue weighted by atomic mass is 16.5. The Balaban J connectivity index is 1.99. The zero-order chi connectivity index (χ0) is 13.2. The van der Waals surface area contributed by atoms with Crippen molar-refractivity contribution in [3.05, 3.63) is 59.6 Å². The number of methoxy groups -OCH3 is 1. The first-order valence-electron chi connectivity index (χ1n) is 6.38. The van der Waals surface area contributed by atoms with Gasteiger partial charge in [0.2, 0.25) is 0 Å². The van der Waals surface area contributed by atoms with E-state index in [9.17, 15) is 5.11 Å². The number of aryl methyl sites for hydroxylation is 1. The number of furan rings is 1. The lowest BCUT2D eigenvalue weighted by molar-refractivity contribution is 0.205. The molecule has 1 atom stereocenters. The standard InChI is InChI=1S/C16H16O3/c1-18-12-7-8-13-11(10-12)4-2-5-14(13)16(17)15-6-3-9-19-15/h3,5-10,16-17H,2,4H2,1H3. The number of fused-ring (bicyclic) bond motifs is 1. The van der Waals surface area contributed by atoms with E-state index in [-0.39, 0.29) is 0 Å². The molecule has 0 radical (unpaired) electrons. The summed E-state index contributed by atoms with van der Waals surface area (Å²) in [4.78, 5) is 0. The molecule has 2 aromatic rings. The van der Waals surface area contributed by atoms with Crippen LogP contribution in [0.5, 0.6) is 5.75 Å². The monoisotopic (exact) mass is 256 g/mol. The molecular formula is C16H16O3. The van der Waals surface area contributed by atoms with Gasteiger partial charge in [0, 0.05) is 0 Å². The molecule has 1 aliphatic rings. The Labute approximate surface area is 112 Å². The van der Waals surface area contributed by atoms with Crippen LogP contribution in [0.3, 0.4) is 0 Å².